The van der Waals surface area contributed by atoms with Crippen LogP contribution in [-0.2, 0) is 10.0 Å². The molecule has 0 amide bonds. The normalized spacial score (nSPS) is 18.9. The van der Waals surface area contributed by atoms with E-state index in [0.717, 1.165) is 25.9 Å². The average Bonchev–Trinajstić information content (AvgIpc) is 2.92. The summed E-state index contributed by atoms with van der Waals surface area (Å²) in [5.41, 5.74) is 1.01. The van der Waals surface area contributed by atoms with Crippen molar-refractivity contribution in [1.29, 1.82) is 5.26 Å². The van der Waals surface area contributed by atoms with Crippen molar-refractivity contribution in [3.63, 3.8) is 0 Å². The highest BCUT2D eigenvalue weighted by molar-refractivity contribution is 7.89. The molecule has 2 N–H and O–H groups in total. The Labute approximate surface area is 120 Å². The van der Waals surface area contributed by atoms with Gasteiger partial charge in [-0.15, -0.1) is 0 Å². The predicted molar refractivity (Wildman–Crippen MR) is 76.7 cm³/mol. The maximum Gasteiger partial charge on any atom is 0.240 e. The third kappa shape index (κ3) is 3.57. The van der Waals surface area contributed by atoms with Crippen molar-refractivity contribution in [2.24, 2.45) is 5.92 Å². The van der Waals surface area contributed by atoms with E-state index >= 15 is 0 Å². The van der Waals surface area contributed by atoms with Crippen LogP contribution in [0.5, 0.6) is 0 Å². The van der Waals surface area contributed by atoms with Crippen LogP contribution in [0.1, 0.15) is 24.0 Å². The van der Waals surface area contributed by atoms with Crippen LogP contribution in [0, 0.1) is 24.2 Å². The van der Waals surface area contributed by atoms with Gasteiger partial charge < -0.3 is 5.32 Å². The van der Waals surface area contributed by atoms with Gasteiger partial charge in [-0.25, -0.2) is 13.1 Å². The van der Waals surface area contributed by atoms with Gasteiger partial charge in [0, 0.05) is 6.54 Å². The molecule has 1 heterocycles. The van der Waals surface area contributed by atoms with Crippen LogP contribution in [0.3, 0.4) is 0 Å². The molecule has 0 saturated carbocycles. The first-order chi connectivity index (χ1) is 9.53. The fourth-order valence-corrected chi connectivity index (χ4v) is 3.71. The number of nitrogens with zero attached hydrogens (tertiary/aromatic N) is 1. The van der Waals surface area contributed by atoms with Crippen LogP contribution in [0.2, 0.25) is 0 Å². The van der Waals surface area contributed by atoms with Crippen molar-refractivity contribution < 1.29 is 8.42 Å². The van der Waals surface area contributed by atoms with Crippen LogP contribution >= 0.6 is 0 Å². The number of nitrogens with one attached hydrogen (secondary N) is 2. The van der Waals surface area contributed by atoms with Crippen molar-refractivity contribution in [2.75, 3.05) is 19.6 Å². The minimum absolute atomic E-state index is 0.195. The van der Waals surface area contributed by atoms with E-state index in [9.17, 15) is 8.42 Å². The highest BCUT2D eigenvalue weighted by atomic mass is 32.2. The van der Waals surface area contributed by atoms with Gasteiger partial charge in [0.25, 0.3) is 0 Å². The minimum Gasteiger partial charge on any atom is -0.316 e. The summed E-state index contributed by atoms with van der Waals surface area (Å²) in [6, 6.07) is 6.68. The second kappa shape index (κ2) is 6.35. The molecule has 20 heavy (non-hydrogen) atoms. The third-order valence-electron chi connectivity index (χ3n) is 3.61. The van der Waals surface area contributed by atoms with E-state index in [1.54, 1.807) is 19.1 Å². The van der Waals surface area contributed by atoms with Crippen molar-refractivity contribution in [3.05, 3.63) is 29.3 Å². The molecule has 5 nitrogen and oxygen atoms in total. The van der Waals surface area contributed by atoms with Crippen LogP contribution in [0.25, 0.3) is 0 Å². The second-order valence-electron chi connectivity index (χ2n) is 5.14. The lowest BCUT2D eigenvalue weighted by Gasteiger charge is -2.11. The molecule has 6 heteroatoms. The van der Waals surface area contributed by atoms with E-state index in [4.69, 9.17) is 5.26 Å². The molecule has 0 spiro atoms. The van der Waals surface area contributed by atoms with Crippen LogP contribution in [0.15, 0.2) is 23.1 Å². The molecule has 1 aromatic carbocycles. The fraction of sp³-hybridized carbons (Fsp3) is 0.500. The molecule has 1 fully saturated rings. The molecule has 1 aliphatic heterocycles. The Morgan fingerprint density at radius 2 is 2.30 bits per heavy atom. The Hall–Kier alpha value is -1.42. The van der Waals surface area contributed by atoms with Crippen molar-refractivity contribution in [3.8, 4) is 6.07 Å². The van der Waals surface area contributed by atoms with Gasteiger partial charge in [-0.05, 0) is 56.5 Å². The standard InChI is InChI=1S/C14H19N3O2S/c1-11-2-3-13(9-15)8-14(11)20(18,19)17-7-5-12-4-6-16-10-12/h2-3,8,12,16-17H,4-7,10H2,1H3. The first kappa shape index (κ1) is 15.0. The number of rotatable bonds is 5. The van der Waals surface area contributed by atoms with E-state index in [0.29, 0.717) is 23.6 Å². The van der Waals surface area contributed by atoms with Gasteiger partial charge in [-0.3, -0.25) is 0 Å². The van der Waals surface area contributed by atoms with Crippen LogP contribution in [0.4, 0.5) is 0 Å². The average molecular weight is 293 g/mol. The lowest BCUT2D eigenvalue weighted by Crippen LogP contribution is -2.27. The first-order valence-corrected chi connectivity index (χ1v) is 8.22. The zero-order valence-electron chi connectivity index (χ0n) is 11.5. The lowest BCUT2D eigenvalue weighted by molar-refractivity contribution is 0.519. The highest BCUT2D eigenvalue weighted by Gasteiger charge is 2.19. The number of sulfonamides is 1. The zero-order valence-corrected chi connectivity index (χ0v) is 12.3. The first-order valence-electron chi connectivity index (χ1n) is 6.74. The SMILES string of the molecule is Cc1ccc(C#N)cc1S(=O)(=O)NCCC1CCNC1. The van der Waals surface area contributed by atoms with E-state index < -0.39 is 10.0 Å². The van der Waals surface area contributed by atoms with Crippen LogP contribution in [-0.4, -0.2) is 28.1 Å². The maximum absolute atomic E-state index is 12.3. The van der Waals surface area contributed by atoms with Crippen molar-refractivity contribution in [2.45, 2.75) is 24.7 Å². The quantitative estimate of drug-likeness (QED) is 0.853. The van der Waals surface area contributed by atoms with Gasteiger partial charge in [0.05, 0.1) is 16.5 Å². The number of hydrogen-bond donors (Lipinski definition) is 2. The highest BCUT2D eigenvalue weighted by Crippen LogP contribution is 2.17. The monoisotopic (exact) mass is 293 g/mol. The van der Waals surface area contributed by atoms with E-state index in [1.807, 2.05) is 6.07 Å². The van der Waals surface area contributed by atoms with E-state index in [-0.39, 0.29) is 4.90 Å². The van der Waals surface area contributed by atoms with Gasteiger partial charge in [-0.2, -0.15) is 5.26 Å². The summed E-state index contributed by atoms with van der Waals surface area (Å²) in [6.07, 6.45) is 1.94. The largest absolute Gasteiger partial charge is 0.316 e. The molecule has 1 aromatic rings. The molecule has 1 atom stereocenters. The Morgan fingerprint density at radius 1 is 1.50 bits per heavy atom. The molecule has 1 saturated heterocycles. The lowest BCUT2D eigenvalue weighted by atomic mass is 10.1. The summed E-state index contributed by atoms with van der Waals surface area (Å²) >= 11 is 0. The third-order valence-corrected chi connectivity index (χ3v) is 5.22. The summed E-state index contributed by atoms with van der Waals surface area (Å²) in [4.78, 5) is 0.195. The molecule has 2 rings (SSSR count). The zero-order chi connectivity index (χ0) is 14.6. The van der Waals surface area contributed by atoms with E-state index in [2.05, 4.69) is 10.0 Å². The molecule has 0 bridgehead atoms. The van der Waals surface area contributed by atoms with Gasteiger partial charge in [0.1, 0.15) is 0 Å². The molecule has 108 valence electrons. The maximum atomic E-state index is 12.3. The van der Waals surface area contributed by atoms with Gasteiger partial charge in [0.15, 0.2) is 0 Å². The summed E-state index contributed by atoms with van der Waals surface area (Å²) in [7, 11) is -3.54. The van der Waals surface area contributed by atoms with Gasteiger partial charge >= 0.3 is 0 Å². The summed E-state index contributed by atoms with van der Waals surface area (Å²) in [5, 5.41) is 12.1. The van der Waals surface area contributed by atoms with Crippen molar-refractivity contribution >= 4 is 10.0 Å². The number of nitriles is 1. The Morgan fingerprint density at radius 3 is 2.95 bits per heavy atom. The predicted octanol–water partition coefficient (Wildman–Crippen LogP) is 1.14. The Kier molecular flexibility index (Phi) is 4.76. The van der Waals surface area contributed by atoms with Gasteiger partial charge in [-0.1, -0.05) is 6.07 Å². The number of benzene rings is 1. The van der Waals surface area contributed by atoms with Crippen molar-refractivity contribution in [1.82, 2.24) is 10.0 Å². The minimum atomic E-state index is -3.54. The Balaban J connectivity index is 2.04. The van der Waals surface area contributed by atoms with E-state index in [1.165, 1.54) is 6.07 Å². The summed E-state index contributed by atoms with van der Waals surface area (Å²) in [6.45, 7) is 4.15. The molecule has 1 unspecified atom stereocenters. The molecule has 0 aliphatic carbocycles. The van der Waals surface area contributed by atoms with Crippen LogP contribution < -0.4 is 10.0 Å². The molecular formula is C14H19N3O2S. The summed E-state index contributed by atoms with van der Waals surface area (Å²) in [5.74, 6) is 0.546. The topological polar surface area (TPSA) is 82.0 Å². The molecule has 1 aliphatic rings. The number of aryl methyl sites for hydroxylation is 1. The Bertz CT molecular complexity index is 614. The van der Waals surface area contributed by atoms with Gasteiger partial charge in [0.2, 0.25) is 10.0 Å². The molecule has 0 radical (unpaired) electrons. The summed E-state index contributed by atoms with van der Waals surface area (Å²) < 4.78 is 27.1. The smallest absolute Gasteiger partial charge is 0.240 e. The molecular weight excluding hydrogens is 274 g/mol. The fourth-order valence-electron chi connectivity index (χ4n) is 2.40. The second-order valence-corrected chi connectivity index (χ2v) is 6.87. The molecule has 0 aromatic heterocycles. The number of hydrogen-bond acceptors (Lipinski definition) is 4.